The zero-order valence-corrected chi connectivity index (χ0v) is 16.7. The number of nitriles is 1. The molecule has 0 saturated heterocycles. The van der Waals surface area contributed by atoms with Crippen molar-refractivity contribution in [2.75, 3.05) is 59.8 Å². The van der Waals surface area contributed by atoms with Crippen molar-refractivity contribution >= 4 is 0 Å². The zero-order chi connectivity index (χ0) is 19.7. The Kier molecular flexibility index (Phi) is 13.6. The van der Waals surface area contributed by atoms with Gasteiger partial charge >= 0.3 is 0 Å². The van der Waals surface area contributed by atoms with Crippen molar-refractivity contribution in [3.8, 4) is 6.07 Å². The molecule has 0 heterocycles. The lowest BCUT2D eigenvalue weighted by Gasteiger charge is -2.31. The van der Waals surface area contributed by atoms with Crippen molar-refractivity contribution in [3.63, 3.8) is 0 Å². The monoisotopic (exact) mass is 378 g/mol. The number of ether oxygens (including phenoxy) is 3. The lowest BCUT2D eigenvalue weighted by molar-refractivity contribution is 0.00690. The molecule has 0 spiro atoms. The highest BCUT2D eigenvalue weighted by Gasteiger charge is 2.22. The third-order valence-corrected chi connectivity index (χ3v) is 4.61. The molecule has 6 nitrogen and oxygen atoms in total. The Morgan fingerprint density at radius 3 is 2.19 bits per heavy atom. The third-order valence-electron chi connectivity index (χ3n) is 4.61. The molecular formula is C21H34N2O4. The quantitative estimate of drug-likeness (QED) is 0.352. The van der Waals surface area contributed by atoms with E-state index < -0.39 is 0 Å². The number of nitrogens with zero attached hydrogens (tertiary/aromatic N) is 2. The van der Waals surface area contributed by atoms with E-state index >= 15 is 0 Å². The predicted molar refractivity (Wildman–Crippen MR) is 106 cm³/mol. The van der Waals surface area contributed by atoms with Crippen molar-refractivity contribution in [1.82, 2.24) is 4.90 Å². The van der Waals surface area contributed by atoms with Gasteiger partial charge in [-0.1, -0.05) is 30.3 Å². The van der Waals surface area contributed by atoms with E-state index in [-0.39, 0.29) is 12.6 Å². The van der Waals surface area contributed by atoms with Gasteiger partial charge < -0.3 is 19.3 Å². The van der Waals surface area contributed by atoms with Gasteiger partial charge in [0.05, 0.1) is 52.3 Å². The van der Waals surface area contributed by atoms with Crippen molar-refractivity contribution < 1.29 is 19.3 Å². The van der Waals surface area contributed by atoms with Gasteiger partial charge in [0, 0.05) is 12.6 Å². The van der Waals surface area contributed by atoms with Gasteiger partial charge in [0.15, 0.2) is 0 Å². The van der Waals surface area contributed by atoms with Gasteiger partial charge in [-0.05, 0) is 38.3 Å². The Hall–Kier alpha value is -1.49. The number of aliphatic hydroxyl groups is 1. The summed E-state index contributed by atoms with van der Waals surface area (Å²) in [5.74, 6) is 0.369. The largest absolute Gasteiger partial charge is 0.394 e. The first kappa shape index (κ1) is 23.5. The number of rotatable bonds is 16. The highest BCUT2D eigenvalue weighted by atomic mass is 16.5. The minimum Gasteiger partial charge on any atom is -0.394 e. The normalized spacial score (nSPS) is 13.4. The summed E-state index contributed by atoms with van der Waals surface area (Å²) in [6.45, 7) is 5.83. The Morgan fingerprint density at radius 1 is 1.00 bits per heavy atom. The molecule has 0 saturated carbocycles. The van der Waals surface area contributed by atoms with Gasteiger partial charge in [0.25, 0.3) is 0 Å². The van der Waals surface area contributed by atoms with Crippen LogP contribution in [0.4, 0.5) is 0 Å². The number of benzene rings is 1. The summed E-state index contributed by atoms with van der Waals surface area (Å²) < 4.78 is 16.2. The molecule has 6 heteroatoms. The first-order valence-electron chi connectivity index (χ1n) is 9.67. The van der Waals surface area contributed by atoms with E-state index in [0.717, 1.165) is 12.8 Å². The van der Waals surface area contributed by atoms with E-state index in [1.807, 2.05) is 13.1 Å². The molecule has 0 unspecified atom stereocenters. The predicted octanol–water partition coefficient (Wildman–Crippen LogP) is 2.44. The van der Waals surface area contributed by atoms with Crippen molar-refractivity contribution in [2.24, 2.45) is 0 Å². The molecule has 0 aromatic heterocycles. The minimum atomic E-state index is 0.0397. The molecule has 0 aliphatic carbocycles. The van der Waals surface area contributed by atoms with Gasteiger partial charge in [-0.2, -0.15) is 5.26 Å². The van der Waals surface area contributed by atoms with Gasteiger partial charge in [0.2, 0.25) is 0 Å². The Balaban J connectivity index is 2.27. The van der Waals surface area contributed by atoms with E-state index in [2.05, 4.69) is 42.2 Å². The van der Waals surface area contributed by atoms with Crippen LogP contribution in [0.5, 0.6) is 0 Å². The molecular weight excluding hydrogens is 344 g/mol. The fraction of sp³-hybridized carbons (Fsp3) is 0.667. The smallest absolute Gasteiger partial charge is 0.0866 e. The first-order chi connectivity index (χ1) is 13.2. The lowest BCUT2D eigenvalue weighted by atomic mass is 9.87. The molecule has 27 heavy (non-hydrogen) atoms. The summed E-state index contributed by atoms with van der Waals surface area (Å²) in [5, 5.41) is 17.6. The molecule has 0 fully saturated rings. The second-order valence-electron chi connectivity index (χ2n) is 6.53. The molecule has 1 aromatic rings. The molecule has 0 aliphatic rings. The first-order valence-corrected chi connectivity index (χ1v) is 9.67. The van der Waals surface area contributed by atoms with Crippen LogP contribution in [0.2, 0.25) is 0 Å². The maximum Gasteiger partial charge on any atom is 0.0866 e. The summed E-state index contributed by atoms with van der Waals surface area (Å²) >= 11 is 0. The second kappa shape index (κ2) is 15.6. The molecule has 0 amide bonds. The molecule has 1 rings (SSSR count). The average molecular weight is 379 g/mol. The Labute approximate surface area is 163 Å². The maximum atomic E-state index is 8.97. The van der Waals surface area contributed by atoms with Crippen molar-refractivity contribution in [1.29, 1.82) is 5.26 Å². The van der Waals surface area contributed by atoms with Crippen molar-refractivity contribution in [2.45, 2.75) is 31.7 Å². The fourth-order valence-corrected chi connectivity index (χ4v) is 2.96. The van der Waals surface area contributed by atoms with Crippen LogP contribution in [0.3, 0.4) is 0 Å². The van der Waals surface area contributed by atoms with Crippen LogP contribution >= 0.6 is 0 Å². The summed E-state index contributed by atoms with van der Waals surface area (Å²) in [4.78, 5) is 2.10. The summed E-state index contributed by atoms with van der Waals surface area (Å²) in [6, 6.07) is 13.0. The molecule has 152 valence electrons. The zero-order valence-electron chi connectivity index (χ0n) is 16.7. The van der Waals surface area contributed by atoms with Gasteiger partial charge in [-0.25, -0.2) is 0 Å². The number of hydrogen-bond acceptors (Lipinski definition) is 6. The van der Waals surface area contributed by atoms with Crippen LogP contribution in [-0.2, 0) is 14.2 Å². The van der Waals surface area contributed by atoms with E-state index in [1.165, 1.54) is 5.56 Å². The highest BCUT2D eigenvalue weighted by Crippen LogP contribution is 2.27. The van der Waals surface area contributed by atoms with E-state index in [4.69, 9.17) is 24.6 Å². The molecule has 0 bridgehead atoms. The molecule has 1 aromatic carbocycles. The third kappa shape index (κ3) is 10.4. The van der Waals surface area contributed by atoms with Crippen molar-refractivity contribution in [3.05, 3.63) is 35.9 Å². The van der Waals surface area contributed by atoms with Gasteiger partial charge in [-0.3, -0.25) is 4.90 Å². The van der Waals surface area contributed by atoms with Crippen LogP contribution in [0.25, 0.3) is 0 Å². The topological polar surface area (TPSA) is 75.0 Å². The molecule has 0 aliphatic heterocycles. The molecule has 2 atom stereocenters. The minimum absolute atomic E-state index is 0.0397. The summed E-state index contributed by atoms with van der Waals surface area (Å²) in [7, 11) is 2.00. The van der Waals surface area contributed by atoms with Crippen LogP contribution in [0, 0.1) is 11.3 Å². The Morgan fingerprint density at radius 2 is 1.59 bits per heavy atom. The number of hydrogen-bond donors (Lipinski definition) is 1. The van der Waals surface area contributed by atoms with Crippen LogP contribution in [0.1, 0.15) is 31.2 Å². The Bertz CT molecular complexity index is 507. The van der Waals surface area contributed by atoms with Gasteiger partial charge in [-0.15, -0.1) is 0 Å². The fourth-order valence-electron chi connectivity index (χ4n) is 2.96. The maximum absolute atomic E-state index is 8.97. The highest BCUT2D eigenvalue weighted by molar-refractivity contribution is 5.21. The standard InChI is InChI=1S/C21H34N2O4/c1-19(23(2)11-10-22)21(20-7-4-3-5-8-20)9-6-13-25-15-17-27-18-16-26-14-12-24/h3-5,7-8,19,21,24H,6,9,11-18H2,1-2H3/t19-,21-/m0/s1. The number of likely N-dealkylation sites (N-methyl/N-ethyl adjacent to an activating group) is 1. The SMILES string of the molecule is C[C@@H]([C@H](CCCOCCOCCOCCO)c1ccccc1)N(C)CC#N. The number of aliphatic hydroxyl groups excluding tert-OH is 1. The summed E-state index contributed by atoms with van der Waals surface area (Å²) in [5.41, 5.74) is 1.31. The van der Waals surface area contributed by atoms with Crippen LogP contribution < -0.4 is 0 Å². The van der Waals surface area contributed by atoms with Crippen LogP contribution in [0.15, 0.2) is 30.3 Å². The summed E-state index contributed by atoms with van der Waals surface area (Å²) in [6.07, 6.45) is 1.97. The lowest BCUT2D eigenvalue weighted by Crippen LogP contribution is -2.34. The van der Waals surface area contributed by atoms with E-state index in [0.29, 0.717) is 52.1 Å². The van der Waals surface area contributed by atoms with E-state index in [9.17, 15) is 0 Å². The van der Waals surface area contributed by atoms with E-state index in [1.54, 1.807) is 0 Å². The van der Waals surface area contributed by atoms with Crippen LogP contribution in [-0.4, -0.2) is 75.9 Å². The van der Waals surface area contributed by atoms with Gasteiger partial charge in [0.1, 0.15) is 0 Å². The molecule has 0 radical (unpaired) electrons. The molecule has 1 N–H and O–H groups in total. The second-order valence-corrected chi connectivity index (χ2v) is 6.53. The average Bonchev–Trinajstić information content (AvgIpc) is 2.69.